The number of benzene rings is 1. The lowest BCUT2D eigenvalue weighted by molar-refractivity contribution is -0.115. The second-order valence-corrected chi connectivity index (χ2v) is 7.56. The van der Waals surface area contributed by atoms with E-state index in [0.717, 1.165) is 36.8 Å². The molecule has 0 saturated heterocycles. The van der Waals surface area contributed by atoms with E-state index in [4.69, 9.17) is 17.0 Å². The molecule has 0 aliphatic heterocycles. The number of hydrogen-bond donors (Lipinski definition) is 2. The number of nitrogens with zero attached hydrogens (tertiary/aromatic N) is 1. The molecule has 1 aliphatic carbocycles. The summed E-state index contributed by atoms with van der Waals surface area (Å²) < 4.78 is 5.25. The number of nitriles is 1. The Morgan fingerprint density at radius 3 is 2.89 bits per heavy atom. The van der Waals surface area contributed by atoms with Crippen LogP contribution >= 0.6 is 23.6 Å². The van der Waals surface area contributed by atoms with Gasteiger partial charge in [0, 0.05) is 16.5 Å². The number of aryl methyl sites for hydroxylation is 1. The van der Waals surface area contributed by atoms with Crippen molar-refractivity contribution in [2.24, 2.45) is 0 Å². The molecule has 1 heterocycles. The first kappa shape index (κ1) is 19.1. The van der Waals surface area contributed by atoms with Gasteiger partial charge in [0.15, 0.2) is 5.11 Å². The Balaban J connectivity index is 1.64. The van der Waals surface area contributed by atoms with Crippen molar-refractivity contribution in [1.82, 2.24) is 5.32 Å². The van der Waals surface area contributed by atoms with E-state index in [-0.39, 0.29) is 11.0 Å². The van der Waals surface area contributed by atoms with Gasteiger partial charge in [-0.05, 0) is 55.6 Å². The lowest BCUT2D eigenvalue weighted by Crippen LogP contribution is -2.32. The largest absolute Gasteiger partial charge is 0.496 e. The van der Waals surface area contributed by atoms with Crippen molar-refractivity contribution in [1.29, 1.82) is 5.26 Å². The maximum Gasteiger partial charge on any atom is 0.250 e. The molecule has 0 fully saturated rings. The number of anilines is 1. The van der Waals surface area contributed by atoms with E-state index in [1.54, 1.807) is 24.5 Å². The molecule has 0 atom stereocenters. The van der Waals surface area contributed by atoms with E-state index in [9.17, 15) is 10.1 Å². The number of rotatable bonds is 4. The van der Waals surface area contributed by atoms with Crippen LogP contribution < -0.4 is 15.4 Å². The highest BCUT2D eigenvalue weighted by atomic mass is 32.1. The van der Waals surface area contributed by atoms with Crippen LogP contribution in [0.3, 0.4) is 0 Å². The minimum atomic E-state index is -0.349. The number of ether oxygens (including phenoxy) is 1. The van der Waals surface area contributed by atoms with Gasteiger partial charge >= 0.3 is 0 Å². The number of methoxy groups -OCH3 is 1. The smallest absolute Gasteiger partial charge is 0.250 e. The van der Waals surface area contributed by atoms with Gasteiger partial charge in [-0.1, -0.05) is 18.2 Å². The van der Waals surface area contributed by atoms with E-state index in [2.05, 4.69) is 16.7 Å². The van der Waals surface area contributed by atoms with Crippen LogP contribution in [0.5, 0.6) is 5.75 Å². The highest BCUT2D eigenvalue weighted by Crippen LogP contribution is 2.37. The Kier molecular flexibility index (Phi) is 6.22. The molecule has 3 rings (SSSR count). The maximum absolute atomic E-state index is 12.1. The Morgan fingerprint density at radius 1 is 1.33 bits per heavy atom. The Labute approximate surface area is 167 Å². The standard InChI is InChI=1S/C20H19N3O2S2/c1-25-16-8-4-2-6-13(16)10-11-18(24)22-20(26)23-19-15(12-21)14-7-3-5-9-17(14)27-19/h2,4,6,8,10-11H,3,5,7,9H2,1H3,(H2,22,23,24,26)/b11-10+. The lowest BCUT2D eigenvalue weighted by Gasteiger charge is -2.09. The zero-order valence-electron chi connectivity index (χ0n) is 14.9. The number of para-hydroxylation sites is 1. The summed E-state index contributed by atoms with van der Waals surface area (Å²) in [5.74, 6) is 0.336. The molecule has 2 aromatic rings. The fourth-order valence-electron chi connectivity index (χ4n) is 3.03. The molecule has 2 N–H and O–H groups in total. The van der Waals surface area contributed by atoms with Crippen molar-refractivity contribution >= 4 is 45.7 Å². The van der Waals surface area contributed by atoms with Gasteiger partial charge < -0.3 is 10.1 Å². The Morgan fingerprint density at radius 2 is 2.11 bits per heavy atom. The van der Waals surface area contributed by atoms with Crippen LogP contribution in [0.4, 0.5) is 5.00 Å². The number of amides is 1. The molecule has 138 valence electrons. The number of nitrogens with one attached hydrogen (secondary N) is 2. The molecule has 0 unspecified atom stereocenters. The number of hydrogen-bond acceptors (Lipinski definition) is 5. The molecule has 1 aromatic carbocycles. The van der Waals surface area contributed by atoms with Crippen molar-refractivity contribution in [3.05, 3.63) is 51.9 Å². The molecule has 0 spiro atoms. The molecule has 0 saturated carbocycles. The summed E-state index contributed by atoms with van der Waals surface area (Å²) in [7, 11) is 1.58. The Hall–Kier alpha value is -2.69. The fraction of sp³-hybridized carbons (Fsp3) is 0.250. The van der Waals surface area contributed by atoms with Gasteiger partial charge in [-0.15, -0.1) is 11.3 Å². The summed E-state index contributed by atoms with van der Waals surface area (Å²) in [6.07, 6.45) is 7.24. The van der Waals surface area contributed by atoms with Crippen molar-refractivity contribution in [2.45, 2.75) is 25.7 Å². The first-order valence-corrected chi connectivity index (χ1v) is 9.82. The predicted octanol–water partition coefficient (Wildman–Crippen LogP) is 4.03. The number of thiocarbonyl (C=S) groups is 1. The molecule has 0 radical (unpaired) electrons. The third kappa shape index (κ3) is 4.54. The topological polar surface area (TPSA) is 74.2 Å². The Bertz CT molecular complexity index is 941. The first-order chi connectivity index (χ1) is 13.1. The third-order valence-corrected chi connectivity index (χ3v) is 5.71. The van der Waals surface area contributed by atoms with Gasteiger partial charge in [-0.2, -0.15) is 5.26 Å². The monoisotopic (exact) mass is 397 g/mol. The quantitative estimate of drug-likeness (QED) is 0.602. The zero-order chi connectivity index (χ0) is 19.2. The molecule has 27 heavy (non-hydrogen) atoms. The minimum Gasteiger partial charge on any atom is -0.496 e. The number of fused-ring (bicyclic) bond motifs is 1. The first-order valence-electron chi connectivity index (χ1n) is 8.60. The average molecular weight is 398 g/mol. The summed E-state index contributed by atoms with van der Waals surface area (Å²) in [5, 5.41) is 16.0. The van der Waals surface area contributed by atoms with Gasteiger partial charge in [-0.25, -0.2) is 0 Å². The van der Waals surface area contributed by atoms with Gasteiger partial charge in [0.2, 0.25) is 5.91 Å². The normalized spacial score (nSPS) is 12.9. The fourth-order valence-corrected chi connectivity index (χ4v) is 4.54. The number of carbonyl (C=O) groups excluding carboxylic acids is 1. The van der Waals surface area contributed by atoms with Crippen LogP contribution in [-0.2, 0) is 17.6 Å². The van der Waals surface area contributed by atoms with Crippen LogP contribution in [0.1, 0.15) is 34.4 Å². The molecule has 0 bridgehead atoms. The van der Waals surface area contributed by atoms with Gasteiger partial charge in [0.05, 0.1) is 12.7 Å². The van der Waals surface area contributed by atoms with E-state index >= 15 is 0 Å². The SMILES string of the molecule is COc1ccccc1/C=C/C(=O)NC(=S)Nc1sc2c(c1C#N)CCCC2. The van der Waals surface area contributed by atoms with Crippen LogP contribution in [0.2, 0.25) is 0 Å². The van der Waals surface area contributed by atoms with E-state index < -0.39 is 0 Å². The maximum atomic E-state index is 12.1. The van der Waals surface area contributed by atoms with Crippen LogP contribution in [0, 0.1) is 11.3 Å². The van der Waals surface area contributed by atoms with Crippen LogP contribution in [0.15, 0.2) is 30.3 Å². The second-order valence-electron chi connectivity index (χ2n) is 6.05. The zero-order valence-corrected chi connectivity index (χ0v) is 16.5. The van der Waals surface area contributed by atoms with Gasteiger partial charge in [0.1, 0.15) is 16.8 Å². The molecule has 5 nitrogen and oxygen atoms in total. The van der Waals surface area contributed by atoms with Crippen molar-refractivity contribution < 1.29 is 9.53 Å². The van der Waals surface area contributed by atoms with E-state index in [1.165, 1.54) is 11.0 Å². The van der Waals surface area contributed by atoms with Crippen molar-refractivity contribution in [3.8, 4) is 11.8 Å². The summed E-state index contributed by atoms with van der Waals surface area (Å²) in [5.41, 5.74) is 2.57. The predicted molar refractivity (Wildman–Crippen MR) is 112 cm³/mol. The lowest BCUT2D eigenvalue weighted by atomic mass is 9.96. The summed E-state index contributed by atoms with van der Waals surface area (Å²) in [6, 6.07) is 9.68. The van der Waals surface area contributed by atoms with Crippen molar-refractivity contribution in [3.63, 3.8) is 0 Å². The second kappa shape index (κ2) is 8.80. The summed E-state index contributed by atoms with van der Waals surface area (Å²) in [6.45, 7) is 0. The van der Waals surface area contributed by atoms with Crippen LogP contribution in [0.25, 0.3) is 6.08 Å². The van der Waals surface area contributed by atoms with Gasteiger partial charge in [0.25, 0.3) is 0 Å². The highest BCUT2D eigenvalue weighted by Gasteiger charge is 2.21. The summed E-state index contributed by atoms with van der Waals surface area (Å²) >= 11 is 6.79. The number of carbonyl (C=O) groups is 1. The third-order valence-electron chi connectivity index (χ3n) is 4.30. The molecular weight excluding hydrogens is 378 g/mol. The summed E-state index contributed by atoms with van der Waals surface area (Å²) in [4.78, 5) is 13.4. The minimum absolute atomic E-state index is 0.180. The van der Waals surface area contributed by atoms with Gasteiger partial charge in [-0.3, -0.25) is 10.1 Å². The number of thiophene rings is 1. The molecule has 1 aliphatic rings. The molecule has 1 aromatic heterocycles. The van der Waals surface area contributed by atoms with E-state index in [1.807, 2.05) is 24.3 Å². The highest BCUT2D eigenvalue weighted by molar-refractivity contribution is 7.80. The van der Waals surface area contributed by atoms with E-state index in [0.29, 0.717) is 16.3 Å². The van der Waals surface area contributed by atoms with Crippen molar-refractivity contribution in [2.75, 3.05) is 12.4 Å². The van der Waals surface area contributed by atoms with Crippen LogP contribution in [-0.4, -0.2) is 18.1 Å². The molecule has 7 heteroatoms. The molecular formula is C20H19N3O2S2. The average Bonchev–Trinajstić information content (AvgIpc) is 3.03. The molecule has 1 amide bonds.